The molecule has 3 amide bonds. The van der Waals surface area contributed by atoms with Crippen molar-refractivity contribution in [2.24, 2.45) is 11.8 Å². The van der Waals surface area contributed by atoms with Crippen molar-refractivity contribution in [2.45, 2.75) is 38.5 Å². The molecular weight excluding hydrogens is 358 g/mol. The van der Waals surface area contributed by atoms with E-state index in [0.29, 0.717) is 37.8 Å². The van der Waals surface area contributed by atoms with E-state index in [0.717, 1.165) is 51.6 Å². The van der Waals surface area contributed by atoms with Crippen LogP contribution in [0.3, 0.4) is 0 Å². The van der Waals surface area contributed by atoms with Crippen molar-refractivity contribution in [2.75, 3.05) is 39.3 Å². The molecule has 0 N–H and O–H groups in total. The third-order valence-corrected chi connectivity index (χ3v) is 6.45. The smallest absolute Gasteiger partial charge is 0.289 e. The summed E-state index contributed by atoms with van der Waals surface area (Å²) in [4.78, 5) is 43.4. The van der Waals surface area contributed by atoms with Crippen LogP contribution in [0, 0.1) is 11.8 Å². The number of carbonyl (C=O) groups excluding carboxylic acids is 3. The van der Waals surface area contributed by atoms with Crippen LogP contribution in [0.1, 0.15) is 49.1 Å². The van der Waals surface area contributed by atoms with Gasteiger partial charge in [-0.15, -0.1) is 0 Å². The third-order valence-electron chi connectivity index (χ3n) is 6.45. The number of furan rings is 1. The number of rotatable bonds is 3. The molecule has 28 heavy (non-hydrogen) atoms. The van der Waals surface area contributed by atoms with Gasteiger partial charge < -0.3 is 19.1 Å². The highest BCUT2D eigenvalue weighted by Crippen LogP contribution is 2.32. The lowest BCUT2D eigenvalue weighted by molar-refractivity contribution is -0.141. The molecule has 2 saturated heterocycles. The Morgan fingerprint density at radius 3 is 1.75 bits per heavy atom. The Balaban J connectivity index is 1.24. The lowest BCUT2D eigenvalue weighted by atomic mass is 9.80. The van der Waals surface area contributed by atoms with Gasteiger partial charge in [0.15, 0.2) is 5.76 Å². The number of hydrogen-bond acceptors (Lipinski definition) is 4. The fourth-order valence-electron chi connectivity index (χ4n) is 4.73. The summed E-state index contributed by atoms with van der Waals surface area (Å²) in [7, 11) is 0. The molecule has 0 spiro atoms. The zero-order valence-corrected chi connectivity index (χ0v) is 16.3. The molecule has 0 unspecified atom stereocenters. The van der Waals surface area contributed by atoms with Crippen molar-refractivity contribution in [1.82, 2.24) is 14.7 Å². The predicted octanol–water partition coefficient (Wildman–Crippen LogP) is 1.99. The van der Waals surface area contributed by atoms with Gasteiger partial charge in [0.2, 0.25) is 11.8 Å². The summed E-state index contributed by atoms with van der Waals surface area (Å²) in [6.45, 7) is 4.01. The number of piperazine rings is 1. The molecule has 7 heteroatoms. The monoisotopic (exact) mass is 387 g/mol. The van der Waals surface area contributed by atoms with Gasteiger partial charge in [-0.05, 0) is 50.7 Å². The van der Waals surface area contributed by atoms with Crippen molar-refractivity contribution < 1.29 is 18.8 Å². The second-order valence-corrected chi connectivity index (χ2v) is 8.18. The van der Waals surface area contributed by atoms with Gasteiger partial charge in [0.1, 0.15) is 0 Å². The second kappa shape index (κ2) is 8.37. The molecule has 0 aromatic carbocycles. The third kappa shape index (κ3) is 3.93. The molecule has 1 aromatic rings. The van der Waals surface area contributed by atoms with Crippen LogP contribution in [-0.2, 0) is 9.59 Å². The minimum atomic E-state index is -0.113. The minimum Gasteiger partial charge on any atom is -0.459 e. The summed E-state index contributed by atoms with van der Waals surface area (Å²) in [6.07, 6.45) is 6.98. The normalized spacial score (nSPS) is 25.8. The van der Waals surface area contributed by atoms with Crippen LogP contribution in [0.2, 0.25) is 0 Å². The van der Waals surface area contributed by atoms with E-state index in [2.05, 4.69) is 0 Å². The number of likely N-dealkylation sites (tertiary alicyclic amines) is 1. The molecule has 3 heterocycles. The maximum atomic E-state index is 12.9. The van der Waals surface area contributed by atoms with Gasteiger partial charge in [0.25, 0.3) is 5.91 Å². The summed E-state index contributed by atoms with van der Waals surface area (Å²) in [6, 6.07) is 3.37. The molecule has 0 bridgehead atoms. The van der Waals surface area contributed by atoms with Crippen LogP contribution in [0.15, 0.2) is 22.8 Å². The number of carbonyl (C=O) groups is 3. The van der Waals surface area contributed by atoms with Gasteiger partial charge in [-0.2, -0.15) is 0 Å². The quantitative estimate of drug-likeness (QED) is 0.795. The first kappa shape index (κ1) is 19.0. The zero-order chi connectivity index (χ0) is 19.5. The molecule has 1 saturated carbocycles. The van der Waals surface area contributed by atoms with E-state index in [1.54, 1.807) is 17.0 Å². The van der Waals surface area contributed by atoms with Crippen molar-refractivity contribution in [1.29, 1.82) is 0 Å². The van der Waals surface area contributed by atoms with Crippen molar-refractivity contribution in [3.8, 4) is 0 Å². The van der Waals surface area contributed by atoms with Crippen LogP contribution in [0.25, 0.3) is 0 Å². The number of amides is 3. The van der Waals surface area contributed by atoms with Crippen molar-refractivity contribution in [3.63, 3.8) is 0 Å². The molecule has 152 valence electrons. The van der Waals surface area contributed by atoms with Gasteiger partial charge in [0, 0.05) is 51.1 Å². The lowest BCUT2D eigenvalue weighted by Gasteiger charge is -2.37. The van der Waals surface area contributed by atoms with Crippen LogP contribution < -0.4 is 0 Å². The average molecular weight is 387 g/mol. The Morgan fingerprint density at radius 1 is 0.750 bits per heavy atom. The highest BCUT2D eigenvalue weighted by atomic mass is 16.3. The number of hydrogen-bond donors (Lipinski definition) is 0. The largest absolute Gasteiger partial charge is 0.459 e. The topological polar surface area (TPSA) is 74.1 Å². The first-order valence-corrected chi connectivity index (χ1v) is 10.5. The van der Waals surface area contributed by atoms with E-state index in [1.165, 1.54) is 6.26 Å². The van der Waals surface area contributed by atoms with Crippen LogP contribution in [0.4, 0.5) is 0 Å². The zero-order valence-electron chi connectivity index (χ0n) is 16.3. The van der Waals surface area contributed by atoms with Gasteiger partial charge in [0.05, 0.1) is 6.26 Å². The summed E-state index contributed by atoms with van der Waals surface area (Å²) in [5.41, 5.74) is 0. The highest BCUT2D eigenvalue weighted by Gasteiger charge is 2.35. The fraction of sp³-hybridized carbons (Fsp3) is 0.667. The summed E-state index contributed by atoms with van der Waals surface area (Å²) < 4.78 is 5.18. The molecule has 0 radical (unpaired) electrons. The standard InChI is InChI=1S/C21H29N3O4/c25-19(22-9-1-2-10-22)16-5-7-17(8-6-16)20(26)23-11-13-24(14-12-23)21(27)18-4-3-15-28-18/h3-4,15-17H,1-2,5-14H2. The molecular formula is C21H29N3O4. The fourth-order valence-corrected chi connectivity index (χ4v) is 4.73. The maximum absolute atomic E-state index is 12.9. The minimum absolute atomic E-state index is 0.0231. The summed E-state index contributed by atoms with van der Waals surface area (Å²) in [5, 5.41) is 0. The molecule has 4 rings (SSSR count). The molecule has 3 aliphatic rings. The Bertz CT molecular complexity index is 695. The molecule has 7 nitrogen and oxygen atoms in total. The Labute approximate surface area is 165 Å². The lowest BCUT2D eigenvalue weighted by Crippen LogP contribution is -2.52. The molecule has 2 aliphatic heterocycles. The molecule has 1 aliphatic carbocycles. The molecule has 0 atom stereocenters. The Kier molecular flexibility index (Phi) is 5.69. The highest BCUT2D eigenvalue weighted by molar-refractivity contribution is 5.91. The Morgan fingerprint density at radius 2 is 1.25 bits per heavy atom. The van der Waals surface area contributed by atoms with E-state index in [4.69, 9.17) is 4.42 Å². The summed E-state index contributed by atoms with van der Waals surface area (Å²) in [5.74, 6) is 0.851. The van der Waals surface area contributed by atoms with Crippen LogP contribution >= 0.6 is 0 Å². The van der Waals surface area contributed by atoms with E-state index in [1.807, 2.05) is 9.80 Å². The SMILES string of the molecule is O=C(c1ccco1)N1CCN(C(=O)C2CCC(C(=O)N3CCCC3)CC2)CC1. The first-order chi connectivity index (χ1) is 13.6. The Hall–Kier alpha value is -2.31. The predicted molar refractivity (Wildman–Crippen MR) is 102 cm³/mol. The summed E-state index contributed by atoms with van der Waals surface area (Å²) >= 11 is 0. The van der Waals surface area contributed by atoms with E-state index < -0.39 is 0 Å². The van der Waals surface area contributed by atoms with Crippen molar-refractivity contribution >= 4 is 17.7 Å². The van der Waals surface area contributed by atoms with Gasteiger partial charge in [-0.25, -0.2) is 0 Å². The van der Waals surface area contributed by atoms with E-state index in [9.17, 15) is 14.4 Å². The van der Waals surface area contributed by atoms with Crippen LogP contribution in [-0.4, -0.2) is 71.7 Å². The van der Waals surface area contributed by atoms with Crippen molar-refractivity contribution in [3.05, 3.63) is 24.2 Å². The van der Waals surface area contributed by atoms with Crippen LogP contribution in [0.5, 0.6) is 0 Å². The second-order valence-electron chi connectivity index (χ2n) is 8.18. The van der Waals surface area contributed by atoms with E-state index in [-0.39, 0.29) is 23.7 Å². The van der Waals surface area contributed by atoms with Gasteiger partial charge in [-0.1, -0.05) is 0 Å². The van der Waals surface area contributed by atoms with E-state index >= 15 is 0 Å². The van der Waals surface area contributed by atoms with Gasteiger partial charge in [-0.3, -0.25) is 14.4 Å². The molecule has 3 fully saturated rings. The maximum Gasteiger partial charge on any atom is 0.289 e. The molecule has 1 aromatic heterocycles. The first-order valence-electron chi connectivity index (χ1n) is 10.5. The van der Waals surface area contributed by atoms with Gasteiger partial charge >= 0.3 is 0 Å². The average Bonchev–Trinajstić information content (AvgIpc) is 3.47. The number of nitrogens with zero attached hydrogens (tertiary/aromatic N) is 3.